The maximum absolute atomic E-state index is 5.14. The average molecular weight is 280 g/mol. The molecule has 0 unspecified atom stereocenters. The summed E-state index contributed by atoms with van der Waals surface area (Å²) in [6.07, 6.45) is 3.11. The molecule has 1 aromatic heterocycles. The van der Waals surface area contributed by atoms with Gasteiger partial charge in [-0.15, -0.1) is 0 Å². The van der Waals surface area contributed by atoms with Gasteiger partial charge in [-0.05, 0) is 42.8 Å². The smallest absolute Gasteiger partial charge is 0.118 e. The van der Waals surface area contributed by atoms with Gasteiger partial charge >= 0.3 is 0 Å². The highest BCUT2D eigenvalue weighted by atomic mass is 35.5. The molecule has 1 N–H and O–H groups in total. The molecule has 0 aliphatic carbocycles. The molecule has 3 nitrogen and oxygen atoms in total. The Hall–Kier alpha value is -1.45. The fraction of sp³-hybridized carbons (Fsp3) is 0.333. The van der Waals surface area contributed by atoms with Gasteiger partial charge in [0, 0.05) is 25.5 Å². The number of halogens is 1. The monoisotopic (exact) mass is 279 g/mol. The first-order valence-electron chi connectivity index (χ1n) is 6.23. The first kappa shape index (κ1) is 15.6. The molecule has 0 bridgehead atoms. The Balaban J connectivity index is 0.00000180. The molecule has 0 saturated heterocycles. The molecular formula is C15H20ClN2O-. The van der Waals surface area contributed by atoms with Gasteiger partial charge < -0.3 is 27.0 Å². The summed E-state index contributed by atoms with van der Waals surface area (Å²) in [6.45, 7) is 1.90. The van der Waals surface area contributed by atoms with Crippen LogP contribution in [0.25, 0.3) is 0 Å². The number of methoxy groups -OCH3 is 1. The molecule has 2 aromatic rings. The Morgan fingerprint density at radius 2 is 1.89 bits per heavy atom. The van der Waals surface area contributed by atoms with Crippen LogP contribution in [-0.2, 0) is 20.0 Å². The van der Waals surface area contributed by atoms with E-state index >= 15 is 0 Å². The highest BCUT2D eigenvalue weighted by Gasteiger charge is 1.97. The molecule has 0 radical (unpaired) electrons. The number of rotatable bonds is 6. The van der Waals surface area contributed by atoms with Crippen LogP contribution in [-0.4, -0.2) is 18.2 Å². The Bertz CT molecular complexity index is 479. The zero-order chi connectivity index (χ0) is 12.8. The number of ether oxygens (including phenoxy) is 1. The van der Waals surface area contributed by atoms with E-state index in [2.05, 4.69) is 47.4 Å². The lowest BCUT2D eigenvalue weighted by atomic mass is 10.1. The zero-order valence-electron chi connectivity index (χ0n) is 11.4. The second-order valence-electron chi connectivity index (χ2n) is 4.39. The summed E-state index contributed by atoms with van der Waals surface area (Å²) in [5.41, 5.74) is 2.64. The molecule has 104 valence electrons. The zero-order valence-corrected chi connectivity index (χ0v) is 12.2. The van der Waals surface area contributed by atoms with Crippen molar-refractivity contribution in [3.63, 3.8) is 0 Å². The number of hydrogen-bond acceptors (Lipinski definition) is 2. The average Bonchev–Trinajstić information content (AvgIpc) is 2.81. The molecule has 2 rings (SSSR count). The summed E-state index contributed by atoms with van der Waals surface area (Å²) in [5, 5.41) is 3.45. The van der Waals surface area contributed by atoms with Gasteiger partial charge in [0.2, 0.25) is 0 Å². The van der Waals surface area contributed by atoms with Gasteiger partial charge in [-0.3, -0.25) is 0 Å². The van der Waals surface area contributed by atoms with Crippen molar-refractivity contribution in [1.82, 2.24) is 9.88 Å². The van der Waals surface area contributed by atoms with Crippen molar-refractivity contribution in [2.24, 2.45) is 7.05 Å². The fourth-order valence-electron chi connectivity index (χ4n) is 1.92. The predicted octanol–water partition coefficient (Wildman–Crippen LogP) is -0.630. The van der Waals surface area contributed by atoms with E-state index in [4.69, 9.17) is 4.74 Å². The maximum atomic E-state index is 5.14. The van der Waals surface area contributed by atoms with Crippen molar-refractivity contribution in [2.75, 3.05) is 13.7 Å². The van der Waals surface area contributed by atoms with Crippen molar-refractivity contribution in [1.29, 1.82) is 0 Å². The van der Waals surface area contributed by atoms with Crippen LogP contribution in [0.15, 0.2) is 42.6 Å². The highest BCUT2D eigenvalue weighted by molar-refractivity contribution is 5.27. The van der Waals surface area contributed by atoms with E-state index in [1.165, 1.54) is 11.3 Å². The van der Waals surface area contributed by atoms with Gasteiger partial charge in [0.15, 0.2) is 0 Å². The van der Waals surface area contributed by atoms with E-state index < -0.39 is 0 Å². The Morgan fingerprint density at radius 3 is 2.47 bits per heavy atom. The van der Waals surface area contributed by atoms with Crippen LogP contribution in [0.2, 0.25) is 0 Å². The largest absolute Gasteiger partial charge is 1.00 e. The lowest BCUT2D eigenvalue weighted by Gasteiger charge is -2.07. The van der Waals surface area contributed by atoms with Crippen molar-refractivity contribution in [2.45, 2.75) is 13.0 Å². The molecule has 1 aromatic carbocycles. The lowest BCUT2D eigenvalue weighted by molar-refractivity contribution is -0.00000412. The van der Waals surface area contributed by atoms with Crippen molar-refractivity contribution >= 4 is 0 Å². The van der Waals surface area contributed by atoms with Crippen LogP contribution < -0.4 is 22.5 Å². The van der Waals surface area contributed by atoms with Gasteiger partial charge in [-0.1, -0.05) is 12.1 Å². The highest BCUT2D eigenvalue weighted by Crippen LogP contribution is 2.11. The third-order valence-corrected chi connectivity index (χ3v) is 3.11. The van der Waals surface area contributed by atoms with Crippen LogP contribution in [0.1, 0.15) is 11.3 Å². The van der Waals surface area contributed by atoms with Gasteiger partial charge in [-0.2, -0.15) is 0 Å². The first-order valence-corrected chi connectivity index (χ1v) is 6.23. The summed E-state index contributed by atoms with van der Waals surface area (Å²) in [6, 6.07) is 12.5. The fourth-order valence-corrected chi connectivity index (χ4v) is 1.92. The number of benzene rings is 1. The van der Waals surface area contributed by atoms with Gasteiger partial charge in [0.05, 0.1) is 7.11 Å². The molecule has 4 heteroatoms. The molecule has 0 aliphatic rings. The minimum atomic E-state index is 0. The van der Waals surface area contributed by atoms with Crippen molar-refractivity contribution in [3.05, 3.63) is 53.9 Å². The number of nitrogens with one attached hydrogen (secondary N) is 1. The summed E-state index contributed by atoms with van der Waals surface area (Å²) in [7, 11) is 3.76. The number of aryl methyl sites for hydroxylation is 1. The maximum Gasteiger partial charge on any atom is 0.118 e. The van der Waals surface area contributed by atoms with E-state index in [0.29, 0.717) is 0 Å². The molecular weight excluding hydrogens is 260 g/mol. The molecule has 0 saturated carbocycles. The Kier molecular flexibility index (Phi) is 6.46. The molecule has 0 atom stereocenters. The molecule has 0 aliphatic heterocycles. The summed E-state index contributed by atoms with van der Waals surface area (Å²) in [4.78, 5) is 0. The van der Waals surface area contributed by atoms with E-state index in [-0.39, 0.29) is 12.4 Å². The lowest BCUT2D eigenvalue weighted by Crippen LogP contribution is -3.00. The third kappa shape index (κ3) is 4.62. The summed E-state index contributed by atoms with van der Waals surface area (Å²) in [5.74, 6) is 0.913. The van der Waals surface area contributed by atoms with Gasteiger partial charge in [0.25, 0.3) is 0 Å². The third-order valence-electron chi connectivity index (χ3n) is 3.11. The van der Waals surface area contributed by atoms with E-state index in [1.807, 2.05) is 12.1 Å². The van der Waals surface area contributed by atoms with Crippen LogP contribution in [0.4, 0.5) is 0 Å². The molecule has 19 heavy (non-hydrogen) atoms. The summed E-state index contributed by atoms with van der Waals surface area (Å²) >= 11 is 0. The molecule has 1 heterocycles. The molecule has 0 spiro atoms. The van der Waals surface area contributed by atoms with E-state index in [1.54, 1.807) is 7.11 Å². The number of hydrogen-bond donors (Lipinski definition) is 1. The number of aromatic nitrogens is 1. The van der Waals surface area contributed by atoms with Gasteiger partial charge in [0.1, 0.15) is 5.75 Å². The van der Waals surface area contributed by atoms with Crippen LogP contribution in [0.3, 0.4) is 0 Å². The second-order valence-corrected chi connectivity index (χ2v) is 4.39. The first-order chi connectivity index (χ1) is 8.79. The number of nitrogens with zero attached hydrogens (tertiary/aromatic N) is 1. The topological polar surface area (TPSA) is 26.2 Å². The van der Waals surface area contributed by atoms with Crippen LogP contribution in [0, 0.1) is 0 Å². The van der Waals surface area contributed by atoms with Crippen molar-refractivity contribution < 1.29 is 17.1 Å². The minimum Gasteiger partial charge on any atom is -1.00 e. The van der Waals surface area contributed by atoms with E-state index in [9.17, 15) is 0 Å². The normalized spacial score (nSPS) is 10.0. The predicted molar refractivity (Wildman–Crippen MR) is 73.8 cm³/mol. The second kappa shape index (κ2) is 7.87. The quantitative estimate of drug-likeness (QED) is 0.713. The standard InChI is InChI=1S/C15H20N2O.ClH/c1-17-11-3-4-14(17)12-16-10-9-13-5-7-15(18-2)8-6-13;/h3-8,11,16H,9-10,12H2,1-2H3;1H/p-1. The van der Waals surface area contributed by atoms with Gasteiger partial charge in [-0.25, -0.2) is 0 Å². The van der Waals surface area contributed by atoms with Crippen molar-refractivity contribution in [3.8, 4) is 5.75 Å². The summed E-state index contributed by atoms with van der Waals surface area (Å²) < 4.78 is 7.28. The minimum absolute atomic E-state index is 0. The van der Waals surface area contributed by atoms with Crippen LogP contribution >= 0.6 is 0 Å². The molecule has 0 amide bonds. The van der Waals surface area contributed by atoms with E-state index in [0.717, 1.165) is 25.3 Å². The molecule has 0 fully saturated rings. The SMILES string of the molecule is COc1ccc(CCNCc2cccn2C)cc1.[Cl-]. The van der Waals surface area contributed by atoms with Crippen LogP contribution in [0.5, 0.6) is 5.75 Å². The Morgan fingerprint density at radius 1 is 1.16 bits per heavy atom. The Labute approximate surface area is 121 Å².